The second-order valence-corrected chi connectivity index (χ2v) is 6.40. The Bertz CT molecular complexity index is 939. The number of hydrogen-bond acceptors (Lipinski definition) is 4. The van der Waals surface area contributed by atoms with Crippen LogP contribution in [0.3, 0.4) is 0 Å². The van der Waals surface area contributed by atoms with Crippen LogP contribution in [-0.4, -0.2) is 15.0 Å². The fourth-order valence-electron chi connectivity index (χ4n) is 2.38. The minimum Gasteiger partial charge on any atom is -0.486 e. The summed E-state index contributed by atoms with van der Waals surface area (Å²) >= 11 is 1.70. The van der Waals surface area contributed by atoms with Gasteiger partial charge in [-0.2, -0.15) is 0 Å². The molecule has 0 aliphatic rings. The van der Waals surface area contributed by atoms with Gasteiger partial charge in [0.15, 0.2) is 0 Å². The molecular weight excluding hydrogens is 318 g/mol. The van der Waals surface area contributed by atoms with Crippen molar-refractivity contribution in [2.24, 2.45) is 0 Å². The molecule has 0 bridgehead atoms. The van der Waals surface area contributed by atoms with Crippen LogP contribution in [-0.2, 0) is 6.61 Å². The zero-order chi connectivity index (χ0) is 16.2. The van der Waals surface area contributed by atoms with Gasteiger partial charge in [-0.3, -0.25) is 4.98 Å². The zero-order valence-electron chi connectivity index (χ0n) is 12.8. The molecule has 4 rings (SSSR count). The predicted molar refractivity (Wildman–Crippen MR) is 95.2 cm³/mol. The summed E-state index contributed by atoms with van der Waals surface area (Å²) in [5.41, 5.74) is 1.96. The summed E-state index contributed by atoms with van der Waals surface area (Å²) in [5.74, 6) is 1.66. The van der Waals surface area contributed by atoms with Crippen molar-refractivity contribution in [3.63, 3.8) is 0 Å². The van der Waals surface area contributed by atoms with Gasteiger partial charge in [0.25, 0.3) is 0 Å². The van der Waals surface area contributed by atoms with E-state index in [1.165, 1.54) is 0 Å². The summed E-state index contributed by atoms with van der Waals surface area (Å²) < 4.78 is 5.74. The summed E-state index contributed by atoms with van der Waals surface area (Å²) in [5, 5.41) is 0. The maximum Gasteiger partial charge on any atom is 0.146 e. The van der Waals surface area contributed by atoms with Crippen molar-refractivity contribution < 1.29 is 4.74 Å². The number of H-pyrrole nitrogens is 1. The standard InChI is InChI=1S/C19H15N3OS/c1-2-4-14(5-3-1)23-13-19-21-17-7-6-16(12-18(17)22-19)24-15-8-10-20-11-9-15/h1-12H,13H2,(H,21,22). The number of nitrogens with one attached hydrogen (secondary N) is 1. The van der Waals surface area contributed by atoms with Gasteiger partial charge in [0.05, 0.1) is 11.0 Å². The number of aromatic nitrogens is 3. The van der Waals surface area contributed by atoms with Crippen LogP contribution in [0.25, 0.3) is 11.0 Å². The average Bonchev–Trinajstić information content (AvgIpc) is 3.04. The molecule has 0 unspecified atom stereocenters. The van der Waals surface area contributed by atoms with E-state index < -0.39 is 0 Å². The van der Waals surface area contributed by atoms with Gasteiger partial charge in [-0.1, -0.05) is 30.0 Å². The molecule has 118 valence electrons. The largest absolute Gasteiger partial charge is 0.486 e. The van der Waals surface area contributed by atoms with E-state index in [9.17, 15) is 0 Å². The molecule has 2 aromatic heterocycles. The van der Waals surface area contributed by atoms with Crippen LogP contribution < -0.4 is 4.74 Å². The highest BCUT2D eigenvalue weighted by Crippen LogP contribution is 2.29. The third-order valence-electron chi connectivity index (χ3n) is 3.51. The van der Waals surface area contributed by atoms with Gasteiger partial charge in [0.1, 0.15) is 18.2 Å². The predicted octanol–water partition coefficient (Wildman–Crippen LogP) is 4.69. The zero-order valence-corrected chi connectivity index (χ0v) is 13.7. The van der Waals surface area contributed by atoms with Gasteiger partial charge in [-0.15, -0.1) is 0 Å². The molecule has 24 heavy (non-hydrogen) atoms. The van der Waals surface area contributed by atoms with Crippen LogP contribution in [0.15, 0.2) is 82.8 Å². The molecule has 0 amide bonds. The lowest BCUT2D eigenvalue weighted by molar-refractivity contribution is 0.297. The Labute approximate surface area is 143 Å². The quantitative estimate of drug-likeness (QED) is 0.576. The highest BCUT2D eigenvalue weighted by molar-refractivity contribution is 7.99. The lowest BCUT2D eigenvalue weighted by Crippen LogP contribution is -1.96. The highest BCUT2D eigenvalue weighted by atomic mass is 32.2. The molecule has 0 aliphatic heterocycles. The Hall–Kier alpha value is -2.79. The Kier molecular flexibility index (Phi) is 4.16. The van der Waals surface area contributed by atoms with Gasteiger partial charge in [-0.05, 0) is 42.5 Å². The minimum atomic E-state index is 0.422. The molecule has 4 nitrogen and oxygen atoms in total. The van der Waals surface area contributed by atoms with Crippen molar-refractivity contribution in [1.82, 2.24) is 15.0 Å². The molecule has 0 aliphatic carbocycles. The number of aromatic amines is 1. The molecule has 5 heteroatoms. The fourth-order valence-corrected chi connectivity index (χ4v) is 3.22. The van der Waals surface area contributed by atoms with Gasteiger partial charge >= 0.3 is 0 Å². The second kappa shape index (κ2) is 6.76. The molecule has 2 heterocycles. The number of ether oxygens (including phenoxy) is 1. The maximum atomic E-state index is 5.74. The first kappa shape index (κ1) is 14.8. The molecule has 4 aromatic rings. The maximum absolute atomic E-state index is 5.74. The van der Waals surface area contributed by atoms with Crippen LogP contribution in [0, 0.1) is 0 Å². The summed E-state index contributed by atoms with van der Waals surface area (Å²) in [6.45, 7) is 0.422. The van der Waals surface area contributed by atoms with Crippen molar-refractivity contribution in [2.75, 3.05) is 0 Å². The first-order valence-corrected chi connectivity index (χ1v) is 8.43. The van der Waals surface area contributed by atoms with E-state index in [0.29, 0.717) is 6.61 Å². The van der Waals surface area contributed by atoms with Gasteiger partial charge in [0.2, 0.25) is 0 Å². The first-order chi connectivity index (χ1) is 11.9. The van der Waals surface area contributed by atoms with Crippen molar-refractivity contribution in [1.29, 1.82) is 0 Å². The number of pyridine rings is 1. The van der Waals surface area contributed by atoms with Gasteiger partial charge in [0, 0.05) is 22.2 Å². The van der Waals surface area contributed by atoms with Crippen LogP contribution in [0.4, 0.5) is 0 Å². The normalized spacial score (nSPS) is 10.8. The molecule has 2 aromatic carbocycles. The van der Waals surface area contributed by atoms with E-state index >= 15 is 0 Å². The number of para-hydroxylation sites is 1. The molecule has 0 spiro atoms. The van der Waals surface area contributed by atoms with Crippen molar-refractivity contribution in [2.45, 2.75) is 16.4 Å². The van der Waals surface area contributed by atoms with Crippen LogP contribution in [0.5, 0.6) is 5.75 Å². The van der Waals surface area contributed by atoms with Gasteiger partial charge in [-0.25, -0.2) is 4.98 Å². The molecule has 0 atom stereocenters. The Balaban J connectivity index is 1.51. The highest BCUT2D eigenvalue weighted by Gasteiger charge is 2.06. The number of rotatable bonds is 5. The number of imidazole rings is 1. The lowest BCUT2D eigenvalue weighted by atomic mass is 10.3. The summed E-state index contributed by atoms with van der Waals surface area (Å²) in [6, 6.07) is 20.0. The molecular formula is C19H15N3OS. The molecule has 1 N–H and O–H groups in total. The second-order valence-electron chi connectivity index (χ2n) is 5.25. The minimum absolute atomic E-state index is 0.422. The van der Waals surface area contributed by atoms with E-state index in [1.807, 2.05) is 42.5 Å². The molecule has 0 saturated carbocycles. The van der Waals surface area contributed by atoms with Crippen LogP contribution >= 0.6 is 11.8 Å². The van der Waals surface area contributed by atoms with Gasteiger partial charge < -0.3 is 9.72 Å². The Morgan fingerprint density at radius 1 is 0.917 bits per heavy atom. The fraction of sp³-hybridized carbons (Fsp3) is 0.0526. The van der Waals surface area contributed by atoms with Crippen LogP contribution in [0.2, 0.25) is 0 Å². The Morgan fingerprint density at radius 2 is 1.75 bits per heavy atom. The third-order valence-corrected chi connectivity index (χ3v) is 4.51. The monoisotopic (exact) mass is 333 g/mol. The van der Waals surface area contributed by atoms with E-state index in [2.05, 4.69) is 33.2 Å². The average molecular weight is 333 g/mol. The summed E-state index contributed by atoms with van der Waals surface area (Å²) in [6.07, 6.45) is 3.60. The first-order valence-electron chi connectivity index (χ1n) is 7.61. The Morgan fingerprint density at radius 3 is 2.58 bits per heavy atom. The summed E-state index contributed by atoms with van der Waals surface area (Å²) in [7, 11) is 0. The SMILES string of the molecule is c1ccc(OCc2nc3cc(Sc4ccncc4)ccc3[nH]2)cc1. The van der Waals surface area contributed by atoms with Crippen LogP contribution in [0.1, 0.15) is 5.82 Å². The molecule has 0 saturated heterocycles. The van der Waals surface area contributed by atoms with E-state index in [4.69, 9.17) is 4.74 Å². The summed E-state index contributed by atoms with van der Waals surface area (Å²) in [4.78, 5) is 14.3. The van der Waals surface area contributed by atoms with E-state index in [-0.39, 0.29) is 0 Å². The van der Waals surface area contributed by atoms with Crippen molar-refractivity contribution in [3.8, 4) is 5.75 Å². The smallest absolute Gasteiger partial charge is 0.146 e. The molecule has 0 radical (unpaired) electrons. The van der Waals surface area contributed by atoms with Crippen molar-refractivity contribution >= 4 is 22.8 Å². The third kappa shape index (κ3) is 3.41. The van der Waals surface area contributed by atoms with E-state index in [1.54, 1.807) is 24.2 Å². The lowest BCUT2D eigenvalue weighted by Gasteiger charge is -2.02. The number of benzene rings is 2. The van der Waals surface area contributed by atoms with Crippen molar-refractivity contribution in [3.05, 3.63) is 78.9 Å². The number of nitrogens with zero attached hydrogens (tertiary/aromatic N) is 2. The number of hydrogen-bond donors (Lipinski definition) is 1. The van der Waals surface area contributed by atoms with E-state index in [0.717, 1.165) is 32.4 Å². The number of fused-ring (bicyclic) bond motifs is 1. The topological polar surface area (TPSA) is 50.8 Å². The molecule has 0 fully saturated rings.